The molecule has 0 heterocycles. The summed E-state index contributed by atoms with van der Waals surface area (Å²) in [6.07, 6.45) is 10.2. The molecule has 0 aromatic rings. The summed E-state index contributed by atoms with van der Waals surface area (Å²) in [5.74, 6) is 3.45. The van der Waals surface area contributed by atoms with Gasteiger partial charge >= 0.3 is 0 Å². The number of carbonyl (C=O) groups excluding carboxylic acids is 1. The van der Waals surface area contributed by atoms with E-state index in [9.17, 15) is 4.79 Å². The molecule has 0 amide bonds. The molecule has 4 nitrogen and oxygen atoms in total. The summed E-state index contributed by atoms with van der Waals surface area (Å²) in [5, 5.41) is 4.02. The third-order valence-electron chi connectivity index (χ3n) is 8.56. The number of nitrogens with zero attached hydrogens (tertiary/aromatic N) is 3. The molecule has 4 fully saturated rings. The first kappa shape index (κ1) is 15.5. The average Bonchev–Trinajstić information content (AvgIpc) is 2.84. The van der Waals surface area contributed by atoms with Gasteiger partial charge in [0.15, 0.2) is 0 Å². The van der Waals surface area contributed by atoms with Crippen molar-refractivity contribution in [2.24, 2.45) is 39.6 Å². The molecular weight excluding hydrogens is 286 g/mol. The van der Waals surface area contributed by atoms with Crippen molar-refractivity contribution in [1.29, 1.82) is 0 Å². The van der Waals surface area contributed by atoms with E-state index in [0.29, 0.717) is 17.1 Å². The molecule has 0 N–H and O–H groups in total. The predicted molar refractivity (Wildman–Crippen MR) is 89.7 cm³/mol. The van der Waals surface area contributed by atoms with Crippen LogP contribution in [0.3, 0.4) is 0 Å². The lowest BCUT2D eigenvalue weighted by Crippen LogP contribution is -2.53. The molecule has 7 atom stereocenters. The van der Waals surface area contributed by atoms with E-state index in [1.54, 1.807) is 0 Å². The minimum absolute atomic E-state index is 0.00727. The van der Waals surface area contributed by atoms with Crippen molar-refractivity contribution in [2.45, 2.75) is 77.7 Å². The Morgan fingerprint density at radius 2 is 1.91 bits per heavy atom. The Balaban J connectivity index is 1.59. The van der Waals surface area contributed by atoms with Crippen LogP contribution in [0.1, 0.15) is 71.6 Å². The van der Waals surface area contributed by atoms with Crippen molar-refractivity contribution in [3.05, 3.63) is 10.4 Å². The van der Waals surface area contributed by atoms with Crippen LogP contribution in [0, 0.1) is 34.5 Å². The topological polar surface area (TPSA) is 65.8 Å². The van der Waals surface area contributed by atoms with Crippen molar-refractivity contribution < 1.29 is 4.79 Å². The SMILES string of the molecule is C[C@]12CC[C@H](N=[N+]=[N-])C[C@@H]1CC[C@H]1[C@H]2CC[C@]2(C)C(=O)CC[C@@H]12. The fourth-order valence-electron chi connectivity index (χ4n) is 7.18. The van der Waals surface area contributed by atoms with Crippen LogP contribution in [0.25, 0.3) is 10.4 Å². The Morgan fingerprint density at radius 3 is 2.70 bits per heavy atom. The smallest absolute Gasteiger partial charge is 0.139 e. The molecule has 0 aromatic carbocycles. The molecule has 0 spiro atoms. The highest BCUT2D eigenvalue weighted by Gasteiger charge is 2.60. The molecule has 0 bridgehead atoms. The number of azide groups is 1. The Hall–Kier alpha value is -1.02. The molecule has 4 saturated carbocycles. The molecule has 23 heavy (non-hydrogen) atoms. The average molecular weight is 315 g/mol. The standard InChI is InChI=1S/C19H29N3O/c1-18-9-7-13(21-22-20)11-12(18)3-4-14-15-5-6-17(23)19(15,2)10-8-16(14)18/h12-16H,3-11H2,1-2H3/t12-,13-,14+,15-,16+,18-,19-/m0/s1. The molecule has 0 radical (unpaired) electrons. The fraction of sp³-hybridized carbons (Fsp3) is 0.947. The van der Waals surface area contributed by atoms with E-state index in [1.165, 1.54) is 25.7 Å². The second-order valence-corrected chi connectivity index (χ2v) is 9.21. The zero-order valence-electron chi connectivity index (χ0n) is 14.5. The molecule has 126 valence electrons. The normalized spacial score (nSPS) is 52.1. The Bertz CT molecular complexity index is 569. The van der Waals surface area contributed by atoms with E-state index in [-0.39, 0.29) is 11.5 Å². The highest BCUT2D eigenvalue weighted by Crippen LogP contribution is 2.65. The van der Waals surface area contributed by atoms with Gasteiger partial charge in [-0.25, -0.2) is 0 Å². The van der Waals surface area contributed by atoms with Gasteiger partial charge in [-0.2, -0.15) is 0 Å². The number of fused-ring (bicyclic) bond motifs is 5. The lowest BCUT2D eigenvalue weighted by atomic mass is 9.45. The molecule has 0 unspecified atom stereocenters. The molecule has 0 saturated heterocycles. The second-order valence-electron chi connectivity index (χ2n) is 9.21. The van der Waals surface area contributed by atoms with Crippen molar-refractivity contribution in [2.75, 3.05) is 0 Å². The van der Waals surface area contributed by atoms with Crippen molar-refractivity contribution in [3.63, 3.8) is 0 Å². The summed E-state index contributed by atoms with van der Waals surface area (Å²) in [6.45, 7) is 4.77. The van der Waals surface area contributed by atoms with E-state index in [0.717, 1.165) is 49.9 Å². The summed E-state index contributed by atoms with van der Waals surface area (Å²) in [6, 6.07) is 0.219. The Morgan fingerprint density at radius 1 is 1.09 bits per heavy atom. The Labute approximate surface area is 139 Å². The van der Waals surface area contributed by atoms with Crippen LogP contribution in [-0.2, 0) is 4.79 Å². The van der Waals surface area contributed by atoms with Gasteiger partial charge in [-0.1, -0.05) is 19.0 Å². The number of hydrogen-bond donors (Lipinski definition) is 0. The van der Waals surface area contributed by atoms with Gasteiger partial charge in [0.25, 0.3) is 0 Å². The lowest BCUT2D eigenvalue weighted by molar-refractivity contribution is -0.139. The van der Waals surface area contributed by atoms with E-state index >= 15 is 0 Å². The fourth-order valence-corrected chi connectivity index (χ4v) is 7.18. The highest BCUT2D eigenvalue weighted by atomic mass is 16.1. The zero-order chi connectivity index (χ0) is 16.2. The number of rotatable bonds is 1. The largest absolute Gasteiger partial charge is 0.299 e. The first-order chi connectivity index (χ1) is 11.0. The summed E-state index contributed by atoms with van der Waals surface area (Å²) in [5.41, 5.74) is 9.16. The maximum Gasteiger partial charge on any atom is 0.139 e. The third kappa shape index (κ3) is 2.10. The van der Waals surface area contributed by atoms with Gasteiger partial charge in [-0.3, -0.25) is 4.79 Å². The van der Waals surface area contributed by atoms with Crippen molar-refractivity contribution in [3.8, 4) is 0 Å². The van der Waals surface area contributed by atoms with Crippen LogP contribution in [-0.4, -0.2) is 11.8 Å². The van der Waals surface area contributed by atoms with Gasteiger partial charge in [0.05, 0.1) is 0 Å². The molecule has 0 aliphatic heterocycles. The third-order valence-corrected chi connectivity index (χ3v) is 8.56. The highest BCUT2D eigenvalue weighted by molar-refractivity contribution is 5.87. The van der Waals surface area contributed by atoms with Gasteiger partial charge in [-0.15, -0.1) is 0 Å². The lowest BCUT2D eigenvalue weighted by Gasteiger charge is -2.60. The summed E-state index contributed by atoms with van der Waals surface area (Å²) in [4.78, 5) is 15.5. The van der Waals surface area contributed by atoms with Crippen LogP contribution < -0.4 is 0 Å². The summed E-state index contributed by atoms with van der Waals surface area (Å²) >= 11 is 0. The number of ketones is 1. The number of Topliss-reactive ketones (excluding diaryl/α,β-unsaturated/α-hetero) is 1. The first-order valence-electron chi connectivity index (χ1n) is 9.56. The predicted octanol–water partition coefficient (Wildman–Crippen LogP) is 5.28. The van der Waals surface area contributed by atoms with Gasteiger partial charge in [0, 0.05) is 22.8 Å². The molecule has 4 rings (SSSR count). The first-order valence-corrected chi connectivity index (χ1v) is 9.56. The quantitative estimate of drug-likeness (QED) is 0.369. The van der Waals surface area contributed by atoms with E-state index in [2.05, 4.69) is 23.9 Å². The van der Waals surface area contributed by atoms with Gasteiger partial charge < -0.3 is 0 Å². The van der Waals surface area contributed by atoms with Crippen molar-refractivity contribution in [1.82, 2.24) is 0 Å². The van der Waals surface area contributed by atoms with E-state index in [1.807, 2.05) is 0 Å². The monoisotopic (exact) mass is 315 g/mol. The van der Waals surface area contributed by atoms with Crippen LogP contribution in [0.4, 0.5) is 0 Å². The molecule has 4 aliphatic rings. The molecular formula is C19H29N3O. The Kier molecular flexibility index (Phi) is 3.53. The van der Waals surface area contributed by atoms with Gasteiger partial charge in [0.2, 0.25) is 0 Å². The van der Waals surface area contributed by atoms with Gasteiger partial charge in [0.1, 0.15) is 5.78 Å². The van der Waals surface area contributed by atoms with E-state index in [4.69, 9.17) is 5.53 Å². The summed E-state index contributed by atoms with van der Waals surface area (Å²) in [7, 11) is 0. The molecule has 4 aliphatic carbocycles. The number of hydrogen-bond acceptors (Lipinski definition) is 2. The second kappa shape index (κ2) is 5.24. The summed E-state index contributed by atoms with van der Waals surface area (Å²) < 4.78 is 0. The van der Waals surface area contributed by atoms with E-state index < -0.39 is 0 Å². The maximum absolute atomic E-state index is 12.4. The van der Waals surface area contributed by atoms with Crippen LogP contribution >= 0.6 is 0 Å². The van der Waals surface area contributed by atoms with Crippen molar-refractivity contribution >= 4 is 5.78 Å². The van der Waals surface area contributed by atoms with Gasteiger partial charge in [-0.05, 0) is 86.0 Å². The molecule has 0 aromatic heterocycles. The van der Waals surface area contributed by atoms with Crippen LogP contribution in [0.5, 0.6) is 0 Å². The minimum atomic E-state index is -0.00727. The minimum Gasteiger partial charge on any atom is -0.299 e. The number of carbonyl (C=O) groups is 1. The van der Waals surface area contributed by atoms with Crippen LogP contribution in [0.2, 0.25) is 0 Å². The maximum atomic E-state index is 12.4. The molecule has 4 heteroatoms. The zero-order valence-corrected chi connectivity index (χ0v) is 14.5. The van der Waals surface area contributed by atoms with Crippen LogP contribution in [0.15, 0.2) is 5.11 Å².